The number of benzene rings is 2. The number of esters is 1. The number of morpholine rings is 1. The lowest BCUT2D eigenvalue weighted by Gasteiger charge is -2.26. The van der Waals surface area contributed by atoms with E-state index in [-0.39, 0.29) is 5.97 Å². The van der Waals surface area contributed by atoms with Gasteiger partial charge in [0.1, 0.15) is 18.0 Å². The van der Waals surface area contributed by atoms with E-state index in [4.69, 9.17) is 14.2 Å². The van der Waals surface area contributed by atoms with E-state index in [0.29, 0.717) is 24.3 Å². The smallest absolute Gasteiger partial charge is 0.338 e. The second-order valence-electron chi connectivity index (χ2n) is 9.51. The Hall–Kier alpha value is -3.16. The average molecular weight is 465 g/mol. The molecule has 0 unspecified atom stereocenters. The van der Waals surface area contributed by atoms with Gasteiger partial charge in [-0.05, 0) is 56.7 Å². The normalized spacial score (nSPS) is 14.8. The maximum Gasteiger partial charge on any atom is 0.338 e. The summed E-state index contributed by atoms with van der Waals surface area (Å²) >= 11 is 0. The quantitative estimate of drug-likeness (QED) is 0.368. The fourth-order valence-corrected chi connectivity index (χ4v) is 4.02. The minimum atomic E-state index is -0.532. The lowest BCUT2D eigenvalue weighted by molar-refractivity contribution is 0.00694. The first kappa shape index (κ1) is 24.0. The van der Waals surface area contributed by atoms with E-state index in [1.807, 2.05) is 61.9 Å². The molecule has 3 aromatic rings. The van der Waals surface area contributed by atoms with Crippen molar-refractivity contribution in [2.75, 3.05) is 39.5 Å². The molecule has 0 aliphatic carbocycles. The summed E-state index contributed by atoms with van der Waals surface area (Å²) in [5, 5.41) is 0.865. The summed E-state index contributed by atoms with van der Waals surface area (Å²) in [6.45, 7) is 11.0. The maximum absolute atomic E-state index is 12.3. The van der Waals surface area contributed by atoms with Crippen LogP contribution in [-0.4, -0.2) is 66.8 Å². The van der Waals surface area contributed by atoms with Gasteiger partial charge in [-0.25, -0.2) is 4.79 Å². The molecule has 0 atom stereocenters. The molecule has 7 nitrogen and oxygen atoms in total. The Morgan fingerprint density at radius 1 is 1.09 bits per heavy atom. The second kappa shape index (κ2) is 10.4. The molecule has 1 aromatic heterocycles. The molecular formula is C27H32N2O5. The van der Waals surface area contributed by atoms with Gasteiger partial charge in [0.05, 0.1) is 18.8 Å². The number of carbonyl (C=O) groups excluding carboxylic acids is 2. The highest BCUT2D eigenvalue weighted by molar-refractivity contribution is 5.98. The molecule has 1 fully saturated rings. The highest BCUT2D eigenvalue weighted by atomic mass is 16.6. The first-order chi connectivity index (χ1) is 16.3. The third-order valence-corrected chi connectivity index (χ3v) is 5.73. The predicted molar refractivity (Wildman–Crippen MR) is 131 cm³/mol. The molecule has 4 rings (SSSR count). The molecule has 1 aliphatic rings. The van der Waals surface area contributed by atoms with Crippen LogP contribution in [0.25, 0.3) is 10.9 Å². The van der Waals surface area contributed by atoms with Gasteiger partial charge in [-0.15, -0.1) is 0 Å². The number of hydrogen-bond acceptors (Lipinski definition) is 6. The van der Waals surface area contributed by atoms with Gasteiger partial charge < -0.3 is 18.8 Å². The van der Waals surface area contributed by atoms with Gasteiger partial charge in [-0.2, -0.15) is 0 Å². The monoisotopic (exact) mass is 464 g/mol. The van der Waals surface area contributed by atoms with Crippen LogP contribution in [0, 0.1) is 0 Å². The van der Waals surface area contributed by atoms with Crippen molar-refractivity contribution in [2.24, 2.45) is 0 Å². The highest BCUT2D eigenvalue weighted by Gasteiger charge is 2.18. The molecule has 0 bridgehead atoms. The largest absolute Gasteiger partial charge is 0.492 e. The number of aromatic nitrogens is 1. The molecule has 0 amide bonds. The Bertz CT molecular complexity index is 1140. The van der Waals surface area contributed by atoms with Crippen LogP contribution < -0.4 is 4.74 Å². The minimum Gasteiger partial charge on any atom is -0.492 e. The molecule has 0 saturated carbocycles. The Kier molecular flexibility index (Phi) is 7.34. The molecule has 1 aliphatic heterocycles. The fraction of sp³-hybridized carbons (Fsp3) is 0.407. The van der Waals surface area contributed by atoms with Crippen LogP contribution in [0.4, 0.5) is 0 Å². The molecule has 180 valence electrons. The van der Waals surface area contributed by atoms with Gasteiger partial charge in [-0.1, -0.05) is 12.1 Å². The zero-order valence-electron chi connectivity index (χ0n) is 20.1. The molecule has 0 radical (unpaired) electrons. The number of hydrogen-bond donors (Lipinski definition) is 0. The van der Waals surface area contributed by atoms with Crippen molar-refractivity contribution in [3.05, 3.63) is 65.4 Å². The van der Waals surface area contributed by atoms with Crippen LogP contribution in [0.3, 0.4) is 0 Å². The van der Waals surface area contributed by atoms with Gasteiger partial charge in [0.2, 0.25) is 0 Å². The van der Waals surface area contributed by atoms with Crippen molar-refractivity contribution in [3.63, 3.8) is 0 Å². The van der Waals surface area contributed by atoms with Crippen molar-refractivity contribution in [1.29, 1.82) is 0 Å². The first-order valence-corrected chi connectivity index (χ1v) is 11.7. The van der Waals surface area contributed by atoms with Crippen LogP contribution in [0.1, 0.15) is 47.1 Å². The molecular weight excluding hydrogens is 432 g/mol. The Balaban J connectivity index is 1.44. The molecule has 7 heteroatoms. The van der Waals surface area contributed by atoms with E-state index in [9.17, 15) is 9.59 Å². The lowest BCUT2D eigenvalue weighted by Crippen LogP contribution is -2.38. The summed E-state index contributed by atoms with van der Waals surface area (Å²) in [7, 11) is 0. The fourth-order valence-electron chi connectivity index (χ4n) is 4.02. The third-order valence-electron chi connectivity index (χ3n) is 5.73. The number of carbonyl (C=O) groups is 2. The Labute approximate surface area is 200 Å². The van der Waals surface area contributed by atoms with E-state index in [0.717, 1.165) is 61.4 Å². The lowest BCUT2D eigenvalue weighted by atomic mass is 10.1. The first-order valence-electron chi connectivity index (χ1n) is 11.7. The summed E-state index contributed by atoms with van der Waals surface area (Å²) in [6, 6.07) is 13.2. The summed E-state index contributed by atoms with van der Waals surface area (Å²) in [5.41, 5.74) is 2.59. The Morgan fingerprint density at radius 2 is 1.82 bits per heavy atom. The zero-order valence-corrected chi connectivity index (χ0v) is 20.1. The summed E-state index contributed by atoms with van der Waals surface area (Å²) in [6.07, 6.45) is 2.74. The number of ether oxygens (including phenoxy) is 3. The summed E-state index contributed by atoms with van der Waals surface area (Å²) in [5.74, 6) is 0.415. The van der Waals surface area contributed by atoms with Crippen molar-refractivity contribution < 1.29 is 23.8 Å². The van der Waals surface area contributed by atoms with Crippen molar-refractivity contribution in [3.8, 4) is 5.75 Å². The maximum atomic E-state index is 12.3. The van der Waals surface area contributed by atoms with Crippen LogP contribution >= 0.6 is 0 Å². The molecule has 0 spiro atoms. The van der Waals surface area contributed by atoms with Gasteiger partial charge >= 0.3 is 5.97 Å². The van der Waals surface area contributed by atoms with Gasteiger partial charge in [0, 0.05) is 48.8 Å². The van der Waals surface area contributed by atoms with E-state index in [1.54, 1.807) is 12.1 Å². The number of aldehydes is 1. The summed E-state index contributed by atoms with van der Waals surface area (Å²) in [4.78, 5) is 26.3. The SMILES string of the molecule is CC(C)(C)OC(=O)c1ccc(Cn2cc(C=O)c3cc(OCCN4CCOCC4)ccc32)cc1. The van der Waals surface area contributed by atoms with Gasteiger partial charge in [0.15, 0.2) is 6.29 Å². The summed E-state index contributed by atoms with van der Waals surface area (Å²) < 4.78 is 18.8. The van der Waals surface area contributed by atoms with E-state index in [2.05, 4.69) is 4.90 Å². The van der Waals surface area contributed by atoms with Gasteiger partial charge in [-0.3, -0.25) is 9.69 Å². The zero-order chi connectivity index (χ0) is 24.1. The minimum absolute atomic E-state index is 0.338. The van der Waals surface area contributed by atoms with Crippen molar-refractivity contribution >= 4 is 23.2 Å². The number of nitrogens with zero attached hydrogens (tertiary/aromatic N) is 2. The molecule has 2 aromatic carbocycles. The van der Waals surface area contributed by atoms with E-state index in [1.165, 1.54) is 0 Å². The van der Waals surface area contributed by atoms with Crippen LogP contribution in [0.15, 0.2) is 48.7 Å². The molecule has 1 saturated heterocycles. The molecule has 2 heterocycles. The highest BCUT2D eigenvalue weighted by Crippen LogP contribution is 2.26. The topological polar surface area (TPSA) is 70.0 Å². The number of fused-ring (bicyclic) bond motifs is 1. The second-order valence-corrected chi connectivity index (χ2v) is 9.51. The molecule has 34 heavy (non-hydrogen) atoms. The van der Waals surface area contributed by atoms with Crippen LogP contribution in [0.5, 0.6) is 5.75 Å². The van der Waals surface area contributed by atoms with Crippen LogP contribution in [0.2, 0.25) is 0 Å². The third kappa shape index (κ3) is 6.04. The van der Waals surface area contributed by atoms with Crippen molar-refractivity contribution in [1.82, 2.24) is 9.47 Å². The van der Waals surface area contributed by atoms with Crippen molar-refractivity contribution in [2.45, 2.75) is 32.9 Å². The Morgan fingerprint density at radius 3 is 2.50 bits per heavy atom. The average Bonchev–Trinajstić information content (AvgIpc) is 3.16. The van der Waals surface area contributed by atoms with Crippen LogP contribution in [-0.2, 0) is 16.0 Å². The molecule has 0 N–H and O–H groups in total. The van der Waals surface area contributed by atoms with E-state index < -0.39 is 5.60 Å². The van der Waals surface area contributed by atoms with E-state index >= 15 is 0 Å². The standard InChI is InChI=1S/C27H32N2O5/c1-27(2,3)34-26(31)21-6-4-20(5-7-21)17-29-18-22(19-30)24-16-23(8-9-25(24)29)33-15-12-28-10-13-32-14-11-28/h4-9,16,18-19H,10-15,17H2,1-3H3. The van der Waals surface area contributed by atoms with Gasteiger partial charge in [0.25, 0.3) is 0 Å². The number of rotatable bonds is 8. The predicted octanol–water partition coefficient (Wildman–Crippen LogP) is 4.17.